The fourth-order valence-corrected chi connectivity index (χ4v) is 2.39. The minimum Gasteiger partial charge on any atom is -0.355 e. The van der Waals surface area contributed by atoms with Crippen molar-refractivity contribution in [2.75, 3.05) is 18.0 Å². The summed E-state index contributed by atoms with van der Waals surface area (Å²) in [5, 5.41) is 19.9. The Morgan fingerprint density at radius 1 is 1.68 bits per heavy atom. The van der Waals surface area contributed by atoms with Crippen molar-refractivity contribution >= 4 is 11.5 Å². The number of hydrogen-bond donors (Lipinski definition) is 0. The van der Waals surface area contributed by atoms with E-state index in [1.165, 1.54) is 6.20 Å². The van der Waals surface area contributed by atoms with Gasteiger partial charge in [0.25, 0.3) is 5.69 Å². The van der Waals surface area contributed by atoms with Crippen LogP contribution in [0.4, 0.5) is 11.5 Å². The van der Waals surface area contributed by atoms with Gasteiger partial charge in [-0.15, -0.1) is 0 Å². The Kier molecular flexibility index (Phi) is 3.95. The SMILES string of the molecule is CCc1cc(N2CCCC(C#N)C2)ncc1[N+](=O)[O-]. The van der Waals surface area contributed by atoms with E-state index in [9.17, 15) is 10.1 Å². The lowest BCUT2D eigenvalue weighted by Crippen LogP contribution is -2.35. The zero-order chi connectivity index (χ0) is 13.8. The third-order valence-corrected chi connectivity index (χ3v) is 3.46. The minimum absolute atomic E-state index is 0.0239. The summed E-state index contributed by atoms with van der Waals surface area (Å²) in [5.41, 5.74) is 0.758. The first kappa shape index (κ1) is 13.3. The lowest BCUT2D eigenvalue weighted by molar-refractivity contribution is -0.385. The molecular formula is C13H16N4O2. The summed E-state index contributed by atoms with van der Waals surface area (Å²) >= 11 is 0. The van der Waals surface area contributed by atoms with E-state index in [0.717, 1.165) is 25.2 Å². The van der Waals surface area contributed by atoms with E-state index >= 15 is 0 Å². The predicted molar refractivity (Wildman–Crippen MR) is 70.8 cm³/mol. The lowest BCUT2D eigenvalue weighted by atomic mass is 9.99. The first-order valence-electron chi connectivity index (χ1n) is 6.43. The van der Waals surface area contributed by atoms with E-state index in [2.05, 4.69) is 11.1 Å². The van der Waals surface area contributed by atoms with Gasteiger partial charge in [-0.25, -0.2) is 4.98 Å². The molecule has 0 spiro atoms. The Hall–Kier alpha value is -2.16. The highest BCUT2D eigenvalue weighted by molar-refractivity contribution is 5.49. The van der Waals surface area contributed by atoms with Gasteiger partial charge in [0.05, 0.1) is 16.9 Å². The van der Waals surface area contributed by atoms with Crippen LogP contribution in [0.3, 0.4) is 0 Å². The van der Waals surface area contributed by atoms with Crippen molar-refractivity contribution in [3.05, 3.63) is 27.9 Å². The van der Waals surface area contributed by atoms with E-state index < -0.39 is 4.92 Å². The maximum absolute atomic E-state index is 10.9. The molecule has 100 valence electrons. The van der Waals surface area contributed by atoms with Crippen LogP contribution < -0.4 is 4.90 Å². The van der Waals surface area contributed by atoms with Crippen molar-refractivity contribution in [2.45, 2.75) is 26.2 Å². The molecule has 1 aliphatic heterocycles. The monoisotopic (exact) mass is 260 g/mol. The Bertz CT molecular complexity index is 524. The van der Waals surface area contributed by atoms with Gasteiger partial charge in [0.15, 0.2) is 0 Å². The standard InChI is InChI=1S/C13H16N4O2/c1-2-11-6-13(15-8-12(11)17(18)19)16-5-3-4-10(7-14)9-16/h6,8,10H,2-5,9H2,1H3. The van der Waals surface area contributed by atoms with Crippen molar-refractivity contribution < 1.29 is 4.92 Å². The molecule has 0 saturated carbocycles. The third-order valence-electron chi connectivity index (χ3n) is 3.46. The Morgan fingerprint density at radius 3 is 3.11 bits per heavy atom. The van der Waals surface area contributed by atoms with Crippen LogP contribution >= 0.6 is 0 Å². The van der Waals surface area contributed by atoms with Gasteiger partial charge in [-0.1, -0.05) is 6.92 Å². The highest BCUT2D eigenvalue weighted by Gasteiger charge is 2.22. The van der Waals surface area contributed by atoms with Crippen LogP contribution in [0.25, 0.3) is 0 Å². The van der Waals surface area contributed by atoms with Gasteiger partial charge >= 0.3 is 0 Å². The van der Waals surface area contributed by atoms with Crippen LogP contribution in [-0.2, 0) is 6.42 Å². The smallest absolute Gasteiger partial charge is 0.290 e. The molecule has 19 heavy (non-hydrogen) atoms. The first-order valence-corrected chi connectivity index (χ1v) is 6.43. The minimum atomic E-state index is -0.399. The number of aryl methyl sites for hydroxylation is 1. The average Bonchev–Trinajstić information content (AvgIpc) is 2.46. The van der Waals surface area contributed by atoms with Gasteiger partial charge in [0.1, 0.15) is 12.0 Å². The maximum Gasteiger partial charge on any atom is 0.290 e. The van der Waals surface area contributed by atoms with Crippen molar-refractivity contribution in [3.63, 3.8) is 0 Å². The van der Waals surface area contributed by atoms with Crippen LogP contribution in [0.2, 0.25) is 0 Å². The van der Waals surface area contributed by atoms with Crippen molar-refractivity contribution in [1.29, 1.82) is 5.26 Å². The highest BCUT2D eigenvalue weighted by Crippen LogP contribution is 2.26. The summed E-state index contributed by atoms with van der Waals surface area (Å²) in [4.78, 5) is 16.7. The van der Waals surface area contributed by atoms with E-state index in [0.29, 0.717) is 18.5 Å². The van der Waals surface area contributed by atoms with Gasteiger partial charge < -0.3 is 4.90 Å². The molecule has 6 heteroatoms. The molecule has 0 aromatic carbocycles. The number of nitriles is 1. The molecule has 1 unspecified atom stereocenters. The molecule has 0 aliphatic carbocycles. The fourth-order valence-electron chi connectivity index (χ4n) is 2.39. The zero-order valence-corrected chi connectivity index (χ0v) is 10.9. The Labute approximate surface area is 111 Å². The molecule has 1 aliphatic rings. The van der Waals surface area contributed by atoms with Gasteiger partial charge in [-0.05, 0) is 25.3 Å². The van der Waals surface area contributed by atoms with E-state index in [-0.39, 0.29) is 11.6 Å². The highest BCUT2D eigenvalue weighted by atomic mass is 16.6. The van der Waals surface area contributed by atoms with E-state index in [1.807, 2.05) is 11.8 Å². The van der Waals surface area contributed by atoms with Gasteiger partial charge in [-0.3, -0.25) is 10.1 Å². The summed E-state index contributed by atoms with van der Waals surface area (Å²) < 4.78 is 0. The number of nitro groups is 1. The van der Waals surface area contributed by atoms with Gasteiger partial charge in [-0.2, -0.15) is 5.26 Å². The van der Waals surface area contributed by atoms with Crippen molar-refractivity contribution in [3.8, 4) is 6.07 Å². The molecule has 1 aromatic rings. The summed E-state index contributed by atoms with van der Waals surface area (Å²) in [6.07, 6.45) is 3.80. The number of piperidine rings is 1. The lowest BCUT2D eigenvalue weighted by Gasteiger charge is -2.30. The molecular weight excluding hydrogens is 244 g/mol. The number of aromatic nitrogens is 1. The molecule has 0 radical (unpaired) electrons. The number of hydrogen-bond acceptors (Lipinski definition) is 5. The maximum atomic E-state index is 10.9. The third kappa shape index (κ3) is 2.81. The predicted octanol–water partition coefficient (Wildman–Crippen LogP) is 2.29. The van der Waals surface area contributed by atoms with Crippen LogP contribution in [0, 0.1) is 27.4 Å². The van der Waals surface area contributed by atoms with Gasteiger partial charge in [0, 0.05) is 18.7 Å². The molecule has 0 N–H and O–H groups in total. The van der Waals surface area contributed by atoms with E-state index in [1.54, 1.807) is 6.07 Å². The summed E-state index contributed by atoms with van der Waals surface area (Å²) in [7, 11) is 0. The molecule has 1 saturated heterocycles. The van der Waals surface area contributed by atoms with Crippen LogP contribution in [-0.4, -0.2) is 23.0 Å². The fraction of sp³-hybridized carbons (Fsp3) is 0.538. The quantitative estimate of drug-likeness (QED) is 0.615. The number of nitrogens with zero attached hydrogens (tertiary/aromatic N) is 4. The summed E-state index contributed by atoms with van der Waals surface area (Å²) in [5.74, 6) is 0.762. The zero-order valence-electron chi connectivity index (χ0n) is 10.9. The van der Waals surface area contributed by atoms with Crippen LogP contribution in [0.5, 0.6) is 0 Å². The topological polar surface area (TPSA) is 83.1 Å². The normalized spacial score (nSPS) is 18.9. The second-order valence-electron chi connectivity index (χ2n) is 4.70. The van der Waals surface area contributed by atoms with Gasteiger partial charge in [0.2, 0.25) is 0 Å². The largest absolute Gasteiger partial charge is 0.355 e. The molecule has 6 nitrogen and oxygen atoms in total. The molecule has 2 rings (SSSR count). The summed E-state index contributed by atoms with van der Waals surface area (Å²) in [6.45, 7) is 3.40. The molecule has 1 atom stereocenters. The molecule has 0 bridgehead atoms. The molecule has 1 fully saturated rings. The van der Waals surface area contributed by atoms with Crippen LogP contribution in [0.15, 0.2) is 12.3 Å². The Morgan fingerprint density at radius 2 is 2.47 bits per heavy atom. The molecule has 1 aromatic heterocycles. The van der Waals surface area contributed by atoms with E-state index in [4.69, 9.17) is 5.26 Å². The van der Waals surface area contributed by atoms with Crippen molar-refractivity contribution in [2.24, 2.45) is 5.92 Å². The summed E-state index contributed by atoms with van der Waals surface area (Å²) in [6, 6.07) is 4.06. The number of rotatable bonds is 3. The Balaban J connectivity index is 2.26. The number of pyridine rings is 1. The molecule has 2 heterocycles. The first-order chi connectivity index (χ1) is 9.15. The van der Waals surface area contributed by atoms with Crippen molar-refractivity contribution in [1.82, 2.24) is 4.98 Å². The van der Waals surface area contributed by atoms with Crippen LogP contribution in [0.1, 0.15) is 25.3 Å². The second-order valence-corrected chi connectivity index (χ2v) is 4.70. The number of anilines is 1. The molecule has 0 amide bonds. The second kappa shape index (κ2) is 5.65. The average molecular weight is 260 g/mol.